The van der Waals surface area contributed by atoms with Crippen molar-refractivity contribution in [1.29, 1.82) is 0 Å². The molecule has 2 heterocycles. The van der Waals surface area contributed by atoms with Gasteiger partial charge in [-0.15, -0.1) is 0 Å². The number of pyridine rings is 1. The highest BCUT2D eigenvalue weighted by Crippen LogP contribution is 2.34. The van der Waals surface area contributed by atoms with Crippen LogP contribution in [0.25, 0.3) is 10.9 Å². The van der Waals surface area contributed by atoms with E-state index in [1.807, 2.05) is 48.5 Å². The maximum Gasteiger partial charge on any atom is 0.339 e. The number of ether oxygens (including phenoxy) is 6. The lowest BCUT2D eigenvalue weighted by Gasteiger charge is -2.29. The number of fused-ring (bicyclic) bond motifs is 2. The van der Waals surface area contributed by atoms with Gasteiger partial charge in [0.25, 0.3) is 11.8 Å². The zero-order valence-electron chi connectivity index (χ0n) is 32.5. The summed E-state index contributed by atoms with van der Waals surface area (Å²) in [6.45, 7) is 5.55. The largest absolute Gasteiger partial charge is 0.493 e. The summed E-state index contributed by atoms with van der Waals surface area (Å²) < 4.78 is 32.6. The van der Waals surface area contributed by atoms with E-state index in [0.29, 0.717) is 56.6 Å². The Kier molecular flexibility index (Phi) is 14.6. The summed E-state index contributed by atoms with van der Waals surface area (Å²) in [5.74, 6) is -0.158. The number of aromatic nitrogens is 1. The fraction of sp³-hybridized carbons (Fsp3) is 0.318. The number of methoxy groups -OCH3 is 3. The second-order valence-electron chi connectivity index (χ2n) is 13.4. The summed E-state index contributed by atoms with van der Waals surface area (Å²) in [6, 6.07) is 27.2. The van der Waals surface area contributed by atoms with Crippen molar-refractivity contribution in [2.75, 3.05) is 84.7 Å². The molecule has 298 valence electrons. The van der Waals surface area contributed by atoms with Gasteiger partial charge < -0.3 is 39.1 Å². The normalized spacial score (nSPS) is 12.5. The van der Waals surface area contributed by atoms with E-state index in [1.165, 1.54) is 36.4 Å². The number of rotatable bonds is 19. The van der Waals surface area contributed by atoms with Gasteiger partial charge in [-0.25, -0.2) is 9.78 Å². The van der Waals surface area contributed by atoms with Crippen molar-refractivity contribution in [2.45, 2.75) is 19.4 Å². The molecule has 0 spiro atoms. The van der Waals surface area contributed by atoms with Crippen LogP contribution < -0.4 is 20.1 Å². The Balaban J connectivity index is 1.01. The highest BCUT2D eigenvalue weighted by molar-refractivity contribution is 6.10. The Morgan fingerprint density at radius 3 is 2.26 bits per heavy atom. The van der Waals surface area contributed by atoms with E-state index in [2.05, 4.69) is 32.7 Å². The maximum absolute atomic E-state index is 13.4. The summed E-state index contributed by atoms with van der Waals surface area (Å²) in [5, 5.41) is 6.54. The fourth-order valence-corrected chi connectivity index (χ4v) is 6.46. The summed E-state index contributed by atoms with van der Waals surface area (Å²) in [4.78, 5) is 46.0. The molecule has 4 aromatic carbocycles. The maximum atomic E-state index is 13.4. The molecule has 0 saturated heterocycles. The number of carbonyl (C=O) groups excluding carboxylic acids is 3. The van der Waals surface area contributed by atoms with Crippen molar-refractivity contribution in [3.63, 3.8) is 0 Å². The molecule has 1 aliphatic heterocycles. The Morgan fingerprint density at radius 1 is 0.737 bits per heavy atom. The lowest BCUT2D eigenvalue weighted by molar-refractivity contribution is 0.0178. The van der Waals surface area contributed by atoms with Gasteiger partial charge in [-0.1, -0.05) is 36.4 Å². The topological polar surface area (TPSA) is 147 Å². The van der Waals surface area contributed by atoms with Gasteiger partial charge in [0.2, 0.25) is 0 Å². The Morgan fingerprint density at radius 2 is 1.49 bits per heavy atom. The molecular formula is C44H48N4O9. The number of amides is 2. The SMILES string of the molecule is COCCOCCOCCOc1cc2c(cc1OC)CCN(CCc1ccc(NC(=O)c3ccc(C(=O)OC)c(NC(=O)c4ccc5ccccc5n4)c3)cc1)C2. The molecule has 5 aromatic rings. The van der Waals surface area contributed by atoms with Crippen LogP contribution in [0.4, 0.5) is 11.4 Å². The molecule has 0 aliphatic carbocycles. The van der Waals surface area contributed by atoms with Crippen molar-refractivity contribution in [2.24, 2.45) is 0 Å². The van der Waals surface area contributed by atoms with Crippen molar-refractivity contribution in [3.05, 3.63) is 125 Å². The van der Waals surface area contributed by atoms with Gasteiger partial charge in [-0.05, 0) is 84.1 Å². The van der Waals surface area contributed by atoms with Crippen molar-refractivity contribution in [1.82, 2.24) is 9.88 Å². The summed E-state index contributed by atoms with van der Waals surface area (Å²) >= 11 is 0. The second kappa shape index (κ2) is 20.3. The van der Waals surface area contributed by atoms with Crippen LogP contribution in [0.3, 0.4) is 0 Å². The number of esters is 1. The predicted octanol–water partition coefficient (Wildman–Crippen LogP) is 6.19. The number of anilines is 2. The van der Waals surface area contributed by atoms with E-state index >= 15 is 0 Å². The molecule has 1 aliphatic rings. The van der Waals surface area contributed by atoms with E-state index in [0.717, 1.165) is 49.2 Å². The van der Waals surface area contributed by atoms with E-state index in [4.69, 9.17) is 28.4 Å². The first kappa shape index (κ1) is 40.8. The van der Waals surface area contributed by atoms with E-state index < -0.39 is 17.8 Å². The lowest BCUT2D eigenvalue weighted by Crippen LogP contribution is -2.32. The average Bonchev–Trinajstić information content (AvgIpc) is 3.24. The summed E-state index contributed by atoms with van der Waals surface area (Å²) in [5.41, 5.74) is 5.54. The van der Waals surface area contributed by atoms with Gasteiger partial charge >= 0.3 is 5.97 Å². The van der Waals surface area contributed by atoms with Crippen molar-refractivity contribution < 1.29 is 42.8 Å². The molecule has 0 fully saturated rings. The standard InChI is InChI=1S/C44H48N4O9/c1-52-20-21-55-22-23-56-24-25-57-41-28-34-29-48(19-17-32(34)27-40(41)53-2)18-16-30-8-12-35(13-9-30)45-42(49)33-10-14-36(44(51)54-3)39(26-33)47-43(50)38-15-11-31-6-4-5-7-37(31)46-38/h4-15,26-28H,16-25,29H2,1-3H3,(H,45,49)(H,47,50). The minimum absolute atomic E-state index is 0.107. The van der Waals surface area contributed by atoms with Crippen LogP contribution in [-0.2, 0) is 38.3 Å². The predicted molar refractivity (Wildman–Crippen MR) is 217 cm³/mol. The molecule has 0 radical (unpaired) electrons. The third kappa shape index (κ3) is 11.1. The van der Waals surface area contributed by atoms with E-state index in [9.17, 15) is 14.4 Å². The van der Waals surface area contributed by atoms with Crippen LogP contribution in [0, 0.1) is 0 Å². The van der Waals surface area contributed by atoms with Gasteiger partial charge in [0, 0.05) is 43.4 Å². The fourth-order valence-electron chi connectivity index (χ4n) is 6.46. The lowest BCUT2D eigenvalue weighted by atomic mass is 9.98. The number of carbonyl (C=O) groups is 3. The van der Waals surface area contributed by atoms with Gasteiger partial charge in [-0.2, -0.15) is 0 Å². The number of para-hydroxylation sites is 1. The molecule has 2 N–H and O–H groups in total. The molecule has 0 atom stereocenters. The smallest absolute Gasteiger partial charge is 0.339 e. The summed E-state index contributed by atoms with van der Waals surface area (Å²) in [6.07, 6.45) is 1.75. The van der Waals surface area contributed by atoms with Crippen LogP contribution in [-0.4, -0.2) is 102 Å². The molecule has 57 heavy (non-hydrogen) atoms. The Bertz CT molecular complexity index is 2160. The minimum atomic E-state index is -0.652. The molecule has 0 bridgehead atoms. The number of hydrogen-bond donors (Lipinski definition) is 2. The number of hydrogen-bond acceptors (Lipinski definition) is 11. The highest BCUT2D eigenvalue weighted by atomic mass is 16.6. The van der Waals surface area contributed by atoms with E-state index in [1.54, 1.807) is 26.4 Å². The molecule has 2 amide bonds. The molecular weight excluding hydrogens is 729 g/mol. The third-order valence-corrected chi connectivity index (χ3v) is 9.56. The first-order valence-corrected chi connectivity index (χ1v) is 18.8. The van der Waals surface area contributed by atoms with Gasteiger partial charge in [0.05, 0.1) is 64.0 Å². The Hall–Kier alpha value is -5.86. The van der Waals surface area contributed by atoms with Crippen LogP contribution in [0.5, 0.6) is 11.5 Å². The average molecular weight is 777 g/mol. The minimum Gasteiger partial charge on any atom is -0.493 e. The molecule has 0 saturated carbocycles. The van der Waals surface area contributed by atoms with Gasteiger partial charge in [0.15, 0.2) is 11.5 Å². The first-order chi connectivity index (χ1) is 27.8. The third-order valence-electron chi connectivity index (χ3n) is 9.56. The molecule has 6 rings (SSSR count). The van der Waals surface area contributed by atoms with Crippen molar-refractivity contribution >= 4 is 40.1 Å². The monoisotopic (exact) mass is 776 g/mol. The summed E-state index contributed by atoms with van der Waals surface area (Å²) in [7, 11) is 4.55. The van der Waals surface area contributed by atoms with Gasteiger partial charge in [0.1, 0.15) is 12.3 Å². The second-order valence-corrected chi connectivity index (χ2v) is 13.4. The Labute approximate surface area is 332 Å². The number of nitrogens with one attached hydrogen (secondary N) is 2. The molecule has 1 aromatic heterocycles. The van der Waals surface area contributed by atoms with Crippen LogP contribution in [0.15, 0.2) is 91.0 Å². The molecule has 13 nitrogen and oxygen atoms in total. The van der Waals surface area contributed by atoms with Crippen molar-refractivity contribution in [3.8, 4) is 11.5 Å². The number of nitrogens with zero attached hydrogens (tertiary/aromatic N) is 2. The zero-order valence-corrected chi connectivity index (χ0v) is 32.5. The van der Waals surface area contributed by atoms with Crippen LogP contribution in [0.1, 0.15) is 47.9 Å². The van der Waals surface area contributed by atoms with E-state index in [-0.39, 0.29) is 22.5 Å². The van der Waals surface area contributed by atoms with Crippen LogP contribution >= 0.6 is 0 Å². The number of benzene rings is 4. The van der Waals surface area contributed by atoms with Crippen LogP contribution in [0.2, 0.25) is 0 Å². The quantitative estimate of drug-likeness (QED) is 0.0731. The molecule has 0 unspecified atom stereocenters. The zero-order chi connectivity index (χ0) is 40.0. The first-order valence-electron chi connectivity index (χ1n) is 18.8. The molecule has 13 heteroatoms. The highest BCUT2D eigenvalue weighted by Gasteiger charge is 2.21. The van der Waals surface area contributed by atoms with Gasteiger partial charge in [-0.3, -0.25) is 14.5 Å².